The van der Waals surface area contributed by atoms with E-state index in [2.05, 4.69) is 107 Å². The van der Waals surface area contributed by atoms with E-state index in [0.717, 1.165) is 0 Å². The molecule has 0 heterocycles. The summed E-state index contributed by atoms with van der Waals surface area (Å²) in [5, 5.41) is 4.90. The van der Waals surface area contributed by atoms with Gasteiger partial charge in [0.2, 0.25) is 0 Å². The van der Waals surface area contributed by atoms with Crippen LogP contribution in [0.25, 0.3) is 0 Å². The lowest BCUT2D eigenvalue weighted by atomic mass is 10.3. The van der Waals surface area contributed by atoms with E-state index >= 15 is 0 Å². The zero-order valence-corrected chi connectivity index (χ0v) is 15.0. The zero-order valence-electron chi connectivity index (χ0n) is 12.8. The highest BCUT2D eigenvalue weighted by atomic mass is 31.0. The van der Waals surface area contributed by atoms with Crippen molar-refractivity contribution in [3.05, 3.63) is 91.0 Å². The molecule has 0 aliphatic rings. The Bertz CT molecular complexity index is 612. The smallest absolute Gasteiger partial charge is 0.137 e. The van der Waals surface area contributed by atoms with Crippen molar-refractivity contribution < 1.29 is 0 Å². The lowest BCUT2D eigenvalue weighted by molar-refractivity contribution is 1.34. The summed E-state index contributed by atoms with van der Waals surface area (Å²) in [6.07, 6.45) is 0. The Balaban J connectivity index is 2.34. The van der Waals surface area contributed by atoms with Crippen molar-refractivity contribution in [1.29, 1.82) is 0 Å². The van der Waals surface area contributed by atoms with Crippen LogP contribution >= 0.6 is 9.24 Å². The van der Waals surface area contributed by atoms with Crippen LogP contribution in [0, 0.1) is 0 Å². The van der Waals surface area contributed by atoms with Gasteiger partial charge in [-0.3, -0.25) is 0 Å². The van der Waals surface area contributed by atoms with Gasteiger partial charge in [-0.25, -0.2) is 0 Å². The molecular weight excluding hydrogens is 299 g/mol. The van der Waals surface area contributed by atoms with Crippen LogP contribution in [0.15, 0.2) is 91.0 Å². The molecule has 0 nitrogen and oxygen atoms in total. The second-order valence-electron chi connectivity index (χ2n) is 5.69. The Labute approximate surface area is 136 Å². The first-order chi connectivity index (χ1) is 10.8. The van der Waals surface area contributed by atoms with Crippen LogP contribution in [0.3, 0.4) is 0 Å². The Morgan fingerprint density at radius 3 is 1.09 bits per heavy atom. The van der Waals surface area contributed by atoms with Crippen LogP contribution in [0.2, 0.25) is 0 Å². The van der Waals surface area contributed by atoms with Crippen molar-refractivity contribution in [1.82, 2.24) is 0 Å². The fourth-order valence-electron chi connectivity index (χ4n) is 3.39. The molecule has 0 radical (unpaired) electrons. The second kappa shape index (κ2) is 6.60. The van der Waals surface area contributed by atoms with Crippen LogP contribution in [-0.2, 0) is 0 Å². The van der Waals surface area contributed by atoms with Gasteiger partial charge in [0.25, 0.3) is 0 Å². The standard InChI is InChI=1S/C20H21PSi/c1-17(21)22(18-11-5-2-6-12-18,19-13-7-3-8-14-19)20-15-9-4-10-16-20/h2-17H,21H2,1H3. The third-order valence-electron chi connectivity index (χ3n) is 4.37. The first-order valence-corrected chi connectivity index (χ1v) is 10.4. The predicted molar refractivity (Wildman–Crippen MR) is 103 cm³/mol. The third kappa shape index (κ3) is 2.56. The van der Waals surface area contributed by atoms with Crippen LogP contribution < -0.4 is 15.6 Å². The van der Waals surface area contributed by atoms with Gasteiger partial charge < -0.3 is 0 Å². The summed E-state index contributed by atoms with van der Waals surface area (Å²) in [6.45, 7) is 2.34. The zero-order chi connectivity index (χ0) is 15.4. The summed E-state index contributed by atoms with van der Waals surface area (Å²) in [6, 6.07) is 33.1. The number of hydrogen-bond acceptors (Lipinski definition) is 0. The molecule has 3 aromatic rings. The van der Waals surface area contributed by atoms with Gasteiger partial charge >= 0.3 is 0 Å². The third-order valence-corrected chi connectivity index (χ3v) is 11.0. The van der Waals surface area contributed by atoms with Crippen molar-refractivity contribution in [2.75, 3.05) is 0 Å². The molecule has 22 heavy (non-hydrogen) atoms. The van der Waals surface area contributed by atoms with Crippen molar-refractivity contribution in [3.63, 3.8) is 0 Å². The van der Waals surface area contributed by atoms with E-state index in [1.807, 2.05) is 0 Å². The topological polar surface area (TPSA) is 0 Å². The molecule has 0 N–H and O–H groups in total. The highest BCUT2D eigenvalue weighted by Crippen LogP contribution is 2.18. The minimum Gasteiger partial charge on any atom is -0.137 e. The lowest BCUT2D eigenvalue weighted by Gasteiger charge is -2.37. The predicted octanol–water partition coefficient (Wildman–Crippen LogP) is 2.96. The lowest BCUT2D eigenvalue weighted by Crippen LogP contribution is -2.72. The van der Waals surface area contributed by atoms with Crippen molar-refractivity contribution in [3.8, 4) is 0 Å². The Hall–Kier alpha value is -1.69. The molecule has 0 fully saturated rings. The Morgan fingerprint density at radius 2 is 0.864 bits per heavy atom. The molecule has 2 heteroatoms. The monoisotopic (exact) mass is 320 g/mol. The van der Waals surface area contributed by atoms with Crippen LogP contribution in [0.1, 0.15) is 6.92 Å². The summed E-state index contributed by atoms with van der Waals surface area (Å²) >= 11 is 0. The molecule has 3 aromatic carbocycles. The van der Waals surface area contributed by atoms with E-state index in [4.69, 9.17) is 0 Å². The Morgan fingerprint density at radius 1 is 0.591 bits per heavy atom. The molecule has 0 aromatic heterocycles. The first-order valence-electron chi connectivity index (χ1n) is 7.68. The SMILES string of the molecule is CC(P)[Si](c1ccccc1)(c1ccccc1)c1ccccc1. The van der Waals surface area contributed by atoms with Gasteiger partial charge in [0.1, 0.15) is 0 Å². The summed E-state index contributed by atoms with van der Waals surface area (Å²) in [5.74, 6) is 0. The van der Waals surface area contributed by atoms with Crippen LogP contribution in [-0.4, -0.2) is 13.4 Å². The maximum atomic E-state index is 3.08. The molecule has 3 rings (SSSR count). The molecule has 2 atom stereocenters. The van der Waals surface area contributed by atoms with E-state index < -0.39 is 8.07 Å². The minimum atomic E-state index is -2.04. The van der Waals surface area contributed by atoms with Gasteiger partial charge in [-0.1, -0.05) is 97.9 Å². The normalized spacial score (nSPS) is 12.8. The molecule has 0 saturated heterocycles. The summed E-state index contributed by atoms with van der Waals surface area (Å²) in [7, 11) is 1.05. The molecule has 0 amide bonds. The number of rotatable bonds is 4. The molecule has 0 spiro atoms. The van der Waals surface area contributed by atoms with E-state index in [1.54, 1.807) is 0 Å². The maximum Gasteiger partial charge on any atom is 0.154 e. The van der Waals surface area contributed by atoms with Gasteiger partial charge in [0.05, 0.1) is 0 Å². The van der Waals surface area contributed by atoms with E-state index in [-0.39, 0.29) is 0 Å². The van der Waals surface area contributed by atoms with Gasteiger partial charge in [-0.2, -0.15) is 0 Å². The molecular formula is C20H21PSi. The van der Waals surface area contributed by atoms with E-state index in [1.165, 1.54) is 15.6 Å². The molecule has 0 saturated carbocycles. The van der Waals surface area contributed by atoms with Crippen molar-refractivity contribution in [2.45, 2.75) is 12.2 Å². The van der Waals surface area contributed by atoms with E-state index in [0.29, 0.717) is 5.28 Å². The quantitative estimate of drug-likeness (QED) is 0.394. The largest absolute Gasteiger partial charge is 0.154 e. The molecule has 2 unspecified atom stereocenters. The van der Waals surface area contributed by atoms with E-state index in [9.17, 15) is 0 Å². The average Bonchev–Trinajstić information content (AvgIpc) is 2.58. The molecule has 0 aliphatic heterocycles. The summed E-state index contributed by atoms with van der Waals surface area (Å²) in [4.78, 5) is 0. The van der Waals surface area contributed by atoms with Gasteiger partial charge in [-0.15, -0.1) is 9.24 Å². The Kier molecular flexibility index (Phi) is 4.56. The van der Waals surface area contributed by atoms with Crippen LogP contribution in [0.4, 0.5) is 0 Å². The number of benzene rings is 3. The van der Waals surface area contributed by atoms with Crippen molar-refractivity contribution in [2.24, 2.45) is 0 Å². The fraction of sp³-hybridized carbons (Fsp3) is 0.100. The highest BCUT2D eigenvalue weighted by Gasteiger charge is 2.42. The van der Waals surface area contributed by atoms with Gasteiger partial charge in [0, 0.05) is 0 Å². The fourth-order valence-corrected chi connectivity index (χ4v) is 9.86. The van der Waals surface area contributed by atoms with Crippen molar-refractivity contribution >= 4 is 32.9 Å². The van der Waals surface area contributed by atoms with Crippen LogP contribution in [0.5, 0.6) is 0 Å². The molecule has 0 aliphatic carbocycles. The maximum absolute atomic E-state index is 3.08. The first kappa shape index (κ1) is 15.2. The van der Waals surface area contributed by atoms with Gasteiger partial charge in [0.15, 0.2) is 8.07 Å². The molecule has 0 bridgehead atoms. The second-order valence-corrected chi connectivity index (χ2v) is 11.6. The highest BCUT2D eigenvalue weighted by molar-refractivity contribution is 7.32. The summed E-state index contributed by atoms with van der Waals surface area (Å²) in [5.41, 5.74) is 0. The number of hydrogen-bond donors (Lipinski definition) is 0. The summed E-state index contributed by atoms with van der Waals surface area (Å²) < 4.78 is 0. The minimum absolute atomic E-state index is 0.500. The average molecular weight is 320 g/mol. The molecule has 110 valence electrons. The van der Waals surface area contributed by atoms with Gasteiger partial charge in [-0.05, 0) is 20.8 Å².